The van der Waals surface area contributed by atoms with E-state index in [0.717, 1.165) is 25.0 Å². The Kier molecular flexibility index (Phi) is 6.73. The van der Waals surface area contributed by atoms with E-state index in [1.54, 1.807) is 18.4 Å². The van der Waals surface area contributed by atoms with E-state index in [2.05, 4.69) is 21.3 Å². The lowest BCUT2D eigenvalue weighted by Crippen LogP contribution is -2.51. The molecule has 2 aromatic heterocycles. The van der Waals surface area contributed by atoms with Crippen molar-refractivity contribution in [2.75, 3.05) is 53.0 Å². The van der Waals surface area contributed by atoms with Crippen LogP contribution in [0.4, 0.5) is 0 Å². The highest BCUT2D eigenvalue weighted by molar-refractivity contribution is 7.26. The zero-order valence-electron chi connectivity index (χ0n) is 16.8. The van der Waals surface area contributed by atoms with Crippen LogP contribution in [0.25, 0.3) is 20.1 Å². The van der Waals surface area contributed by atoms with Gasteiger partial charge in [-0.25, -0.2) is 4.98 Å². The van der Waals surface area contributed by atoms with E-state index in [9.17, 15) is 9.59 Å². The van der Waals surface area contributed by atoms with Gasteiger partial charge in [-0.15, -0.1) is 22.7 Å². The van der Waals surface area contributed by atoms with Crippen molar-refractivity contribution < 1.29 is 14.3 Å². The fourth-order valence-electron chi connectivity index (χ4n) is 3.36. The largest absolute Gasteiger partial charge is 0.383 e. The monoisotopic (exact) mass is 444 g/mol. The SMILES string of the molecule is COCCNC(=O)CN1CCN(C(=O)c2ccc(-c3nc4ccccc4s3)s2)CC1. The van der Waals surface area contributed by atoms with Crippen molar-refractivity contribution in [1.82, 2.24) is 20.1 Å². The molecular formula is C21H24N4O3S2. The molecule has 0 aliphatic carbocycles. The second-order valence-electron chi connectivity index (χ2n) is 7.06. The molecule has 7 nitrogen and oxygen atoms in total. The standard InChI is InChI=1S/C21H24N4O3S2/c1-28-13-8-22-19(26)14-24-9-11-25(12-10-24)21(27)18-7-6-17(29-18)20-23-15-4-2-3-5-16(15)30-20/h2-7H,8-14H2,1H3,(H,22,26). The molecule has 0 radical (unpaired) electrons. The summed E-state index contributed by atoms with van der Waals surface area (Å²) < 4.78 is 6.08. The first kappa shape index (κ1) is 20.9. The first-order valence-electron chi connectivity index (χ1n) is 9.87. The van der Waals surface area contributed by atoms with Crippen LogP contribution in [0.3, 0.4) is 0 Å². The summed E-state index contributed by atoms with van der Waals surface area (Å²) in [7, 11) is 1.61. The Balaban J connectivity index is 1.32. The number of para-hydroxylation sites is 1. The number of thiophene rings is 1. The summed E-state index contributed by atoms with van der Waals surface area (Å²) in [6.45, 7) is 4.01. The van der Waals surface area contributed by atoms with Gasteiger partial charge >= 0.3 is 0 Å². The number of hydrogen-bond acceptors (Lipinski definition) is 7. The number of methoxy groups -OCH3 is 1. The maximum absolute atomic E-state index is 12.9. The summed E-state index contributed by atoms with van der Waals surface area (Å²) in [4.78, 5) is 35.2. The number of carbonyl (C=O) groups excluding carboxylic acids is 2. The number of piperazine rings is 1. The number of thiazole rings is 1. The van der Waals surface area contributed by atoms with E-state index in [1.807, 2.05) is 35.2 Å². The average Bonchev–Trinajstić information content (AvgIpc) is 3.41. The predicted molar refractivity (Wildman–Crippen MR) is 120 cm³/mol. The molecule has 0 bridgehead atoms. The number of fused-ring (bicyclic) bond motifs is 1. The van der Waals surface area contributed by atoms with Crippen molar-refractivity contribution in [3.05, 3.63) is 41.3 Å². The summed E-state index contributed by atoms with van der Waals surface area (Å²) in [5, 5.41) is 3.78. The number of nitrogens with zero attached hydrogens (tertiary/aromatic N) is 3. The van der Waals surface area contributed by atoms with Gasteiger partial charge in [0.15, 0.2) is 0 Å². The molecule has 9 heteroatoms. The summed E-state index contributed by atoms with van der Waals surface area (Å²) >= 11 is 3.14. The number of benzene rings is 1. The minimum absolute atomic E-state index is 0.00874. The summed E-state index contributed by atoms with van der Waals surface area (Å²) in [5.41, 5.74) is 0.987. The molecule has 2 amide bonds. The van der Waals surface area contributed by atoms with Gasteiger partial charge in [-0.2, -0.15) is 0 Å². The Hall–Kier alpha value is -2.33. The Labute approximate surface area is 183 Å². The molecule has 0 saturated carbocycles. The van der Waals surface area contributed by atoms with E-state index < -0.39 is 0 Å². The highest BCUT2D eigenvalue weighted by Crippen LogP contribution is 2.34. The molecular weight excluding hydrogens is 420 g/mol. The predicted octanol–water partition coefficient (Wildman–Crippen LogP) is 2.55. The van der Waals surface area contributed by atoms with Crippen molar-refractivity contribution in [1.29, 1.82) is 0 Å². The molecule has 1 aliphatic heterocycles. The summed E-state index contributed by atoms with van der Waals surface area (Å²) in [5.74, 6) is 0.0436. The van der Waals surface area contributed by atoms with E-state index in [-0.39, 0.29) is 11.8 Å². The molecule has 0 spiro atoms. The van der Waals surface area contributed by atoms with E-state index in [0.29, 0.717) is 45.9 Å². The number of ether oxygens (including phenoxy) is 1. The lowest BCUT2D eigenvalue weighted by atomic mass is 10.3. The second kappa shape index (κ2) is 9.65. The quantitative estimate of drug-likeness (QED) is 0.567. The minimum atomic E-state index is -0.00874. The molecule has 3 aromatic rings. The lowest BCUT2D eigenvalue weighted by Gasteiger charge is -2.34. The number of carbonyl (C=O) groups is 2. The molecule has 1 N–H and O–H groups in total. The molecule has 1 aliphatic rings. The van der Waals surface area contributed by atoms with Gasteiger partial charge < -0.3 is 15.0 Å². The Morgan fingerprint density at radius 3 is 2.67 bits per heavy atom. The van der Waals surface area contributed by atoms with Gasteiger partial charge in [0.1, 0.15) is 5.01 Å². The normalized spacial score (nSPS) is 14.9. The van der Waals surface area contributed by atoms with Crippen LogP contribution < -0.4 is 5.32 Å². The van der Waals surface area contributed by atoms with Crippen LogP contribution in [-0.4, -0.2) is 79.6 Å². The second-order valence-corrected chi connectivity index (χ2v) is 9.18. The molecule has 30 heavy (non-hydrogen) atoms. The third-order valence-corrected chi connectivity index (χ3v) is 7.26. The maximum Gasteiger partial charge on any atom is 0.264 e. The van der Waals surface area contributed by atoms with Crippen LogP contribution in [0.2, 0.25) is 0 Å². The zero-order valence-corrected chi connectivity index (χ0v) is 18.4. The van der Waals surface area contributed by atoms with Crippen molar-refractivity contribution in [2.24, 2.45) is 0 Å². The first-order valence-corrected chi connectivity index (χ1v) is 11.5. The minimum Gasteiger partial charge on any atom is -0.383 e. The van der Waals surface area contributed by atoms with Crippen LogP contribution in [-0.2, 0) is 9.53 Å². The Morgan fingerprint density at radius 2 is 1.90 bits per heavy atom. The van der Waals surface area contributed by atoms with Crippen LogP contribution in [0.5, 0.6) is 0 Å². The molecule has 1 saturated heterocycles. The van der Waals surface area contributed by atoms with Gasteiger partial charge in [-0.1, -0.05) is 12.1 Å². The average molecular weight is 445 g/mol. The van der Waals surface area contributed by atoms with Crippen LogP contribution in [0, 0.1) is 0 Å². The van der Waals surface area contributed by atoms with Gasteiger partial charge in [0, 0.05) is 39.8 Å². The van der Waals surface area contributed by atoms with Crippen molar-refractivity contribution in [3.8, 4) is 9.88 Å². The van der Waals surface area contributed by atoms with Gasteiger partial charge in [-0.3, -0.25) is 14.5 Å². The molecule has 3 heterocycles. The van der Waals surface area contributed by atoms with Crippen LogP contribution >= 0.6 is 22.7 Å². The van der Waals surface area contributed by atoms with Gasteiger partial charge in [0.05, 0.1) is 33.1 Å². The van der Waals surface area contributed by atoms with Gasteiger partial charge in [0.25, 0.3) is 5.91 Å². The molecule has 4 rings (SSSR count). The fourth-order valence-corrected chi connectivity index (χ4v) is 5.36. The highest BCUT2D eigenvalue weighted by Gasteiger charge is 2.24. The van der Waals surface area contributed by atoms with Crippen molar-refractivity contribution in [3.63, 3.8) is 0 Å². The van der Waals surface area contributed by atoms with Gasteiger partial charge in [-0.05, 0) is 24.3 Å². The number of amides is 2. The van der Waals surface area contributed by atoms with Crippen molar-refractivity contribution >= 4 is 44.7 Å². The highest BCUT2D eigenvalue weighted by atomic mass is 32.1. The Bertz CT molecular complexity index is 991. The number of nitrogens with one attached hydrogen (secondary N) is 1. The van der Waals surface area contributed by atoms with Crippen LogP contribution in [0.1, 0.15) is 9.67 Å². The molecule has 1 fully saturated rings. The zero-order chi connectivity index (χ0) is 20.9. The van der Waals surface area contributed by atoms with Crippen molar-refractivity contribution in [2.45, 2.75) is 0 Å². The van der Waals surface area contributed by atoms with E-state index >= 15 is 0 Å². The van der Waals surface area contributed by atoms with Crippen LogP contribution in [0.15, 0.2) is 36.4 Å². The summed E-state index contributed by atoms with van der Waals surface area (Å²) in [6.07, 6.45) is 0. The third kappa shape index (κ3) is 4.86. The lowest BCUT2D eigenvalue weighted by molar-refractivity contribution is -0.122. The van der Waals surface area contributed by atoms with Gasteiger partial charge in [0.2, 0.25) is 5.91 Å². The number of aromatic nitrogens is 1. The topological polar surface area (TPSA) is 74.8 Å². The van der Waals surface area contributed by atoms with E-state index in [4.69, 9.17) is 4.74 Å². The molecule has 1 aromatic carbocycles. The molecule has 0 unspecified atom stereocenters. The van der Waals surface area contributed by atoms with E-state index in [1.165, 1.54) is 11.3 Å². The Morgan fingerprint density at radius 1 is 1.10 bits per heavy atom. The maximum atomic E-state index is 12.9. The fraction of sp³-hybridized carbons (Fsp3) is 0.381. The third-order valence-electron chi connectivity index (χ3n) is 4.98. The number of hydrogen-bond donors (Lipinski definition) is 1. The smallest absolute Gasteiger partial charge is 0.264 e. The first-order chi connectivity index (χ1) is 14.6. The molecule has 158 valence electrons. The molecule has 0 atom stereocenters. The summed E-state index contributed by atoms with van der Waals surface area (Å²) in [6, 6.07) is 11.9. The number of rotatable bonds is 7.